The standard InChI is InChI=1S/C21H28N2O3/c1-14-9-15(2)21(16(3)10-14)22-20(24)13-23(4)12-17-7-8-18(25-5)11-19(17)26-6/h7-11H,12-13H2,1-6H3,(H,22,24)/p+1. The van der Waals surface area contributed by atoms with Crippen LogP contribution in [-0.4, -0.2) is 33.7 Å². The number of hydrogen-bond donors (Lipinski definition) is 2. The second kappa shape index (κ2) is 8.72. The van der Waals surface area contributed by atoms with E-state index >= 15 is 0 Å². The van der Waals surface area contributed by atoms with Crippen LogP contribution >= 0.6 is 0 Å². The van der Waals surface area contributed by atoms with Gasteiger partial charge in [0.1, 0.15) is 18.0 Å². The number of rotatable bonds is 7. The van der Waals surface area contributed by atoms with Crippen LogP contribution in [0.4, 0.5) is 5.69 Å². The smallest absolute Gasteiger partial charge is 0.279 e. The minimum absolute atomic E-state index is 0.00466. The Morgan fingerprint density at radius 2 is 1.69 bits per heavy atom. The molecule has 0 spiro atoms. The van der Waals surface area contributed by atoms with Crippen LogP contribution in [0, 0.1) is 20.8 Å². The minimum Gasteiger partial charge on any atom is -0.497 e. The van der Waals surface area contributed by atoms with Crippen LogP contribution in [0.5, 0.6) is 11.5 Å². The molecule has 0 radical (unpaired) electrons. The normalized spacial score (nSPS) is 11.8. The number of likely N-dealkylation sites (N-methyl/N-ethyl adjacent to an activating group) is 1. The van der Waals surface area contributed by atoms with E-state index in [1.807, 2.05) is 39.1 Å². The fourth-order valence-electron chi connectivity index (χ4n) is 3.22. The topological polar surface area (TPSA) is 52.0 Å². The zero-order valence-electron chi connectivity index (χ0n) is 16.5. The molecule has 2 aromatic carbocycles. The summed E-state index contributed by atoms with van der Waals surface area (Å²) in [4.78, 5) is 13.6. The molecule has 1 unspecified atom stereocenters. The Kier molecular flexibility index (Phi) is 6.64. The molecule has 0 saturated heterocycles. The number of quaternary nitrogens is 1. The first-order valence-corrected chi connectivity index (χ1v) is 8.74. The molecule has 0 fully saturated rings. The maximum atomic E-state index is 12.5. The number of anilines is 1. The Morgan fingerprint density at radius 1 is 1.04 bits per heavy atom. The summed E-state index contributed by atoms with van der Waals surface area (Å²) in [6.45, 7) is 7.17. The lowest BCUT2D eigenvalue weighted by molar-refractivity contribution is -0.885. The molecule has 1 amide bonds. The summed E-state index contributed by atoms with van der Waals surface area (Å²) < 4.78 is 10.7. The number of hydrogen-bond acceptors (Lipinski definition) is 3. The maximum absolute atomic E-state index is 12.5. The fourth-order valence-corrected chi connectivity index (χ4v) is 3.22. The van der Waals surface area contributed by atoms with Crippen LogP contribution in [0.3, 0.4) is 0 Å². The SMILES string of the molecule is COc1ccc(C[NH+](C)CC(=O)Nc2c(C)cc(C)cc2C)c(OC)c1. The van der Waals surface area contributed by atoms with Gasteiger partial charge >= 0.3 is 0 Å². The Morgan fingerprint density at radius 3 is 2.27 bits per heavy atom. The molecule has 5 nitrogen and oxygen atoms in total. The van der Waals surface area contributed by atoms with Crippen molar-refractivity contribution < 1.29 is 19.2 Å². The van der Waals surface area contributed by atoms with Crippen molar-refractivity contribution in [2.75, 3.05) is 33.1 Å². The lowest BCUT2D eigenvalue weighted by Gasteiger charge is -2.17. The summed E-state index contributed by atoms with van der Waals surface area (Å²) >= 11 is 0. The molecular weight excluding hydrogens is 328 g/mol. The minimum atomic E-state index is 0.00466. The molecule has 1 atom stereocenters. The molecule has 0 aromatic heterocycles. The summed E-state index contributed by atoms with van der Waals surface area (Å²) in [6, 6.07) is 9.92. The van der Waals surface area contributed by atoms with Gasteiger partial charge in [0.2, 0.25) is 0 Å². The van der Waals surface area contributed by atoms with E-state index in [0.29, 0.717) is 13.1 Å². The van der Waals surface area contributed by atoms with Gasteiger partial charge in [-0.25, -0.2) is 0 Å². The van der Waals surface area contributed by atoms with E-state index in [0.717, 1.165) is 38.8 Å². The molecule has 0 heterocycles. The van der Waals surface area contributed by atoms with Gasteiger partial charge in [0.05, 0.1) is 21.3 Å². The highest BCUT2D eigenvalue weighted by Gasteiger charge is 2.15. The van der Waals surface area contributed by atoms with E-state index in [4.69, 9.17) is 9.47 Å². The van der Waals surface area contributed by atoms with Crippen molar-refractivity contribution in [2.24, 2.45) is 0 Å². The molecule has 5 heteroatoms. The maximum Gasteiger partial charge on any atom is 0.279 e. The zero-order valence-corrected chi connectivity index (χ0v) is 16.5. The average molecular weight is 357 g/mol. The second-order valence-corrected chi connectivity index (χ2v) is 6.81. The zero-order chi connectivity index (χ0) is 19.3. The lowest BCUT2D eigenvalue weighted by atomic mass is 10.1. The van der Waals surface area contributed by atoms with Gasteiger partial charge in [0, 0.05) is 17.3 Å². The van der Waals surface area contributed by atoms with E-state index < -0.39 is 0 Å². The average Bonchev–Trinajstić information content (AvgIpc) is 2.58. The van der Waals surface area contributed by atoms with Gasteiger partial charge in [-0.05, 0) is 44.0 Å². The third-order valence-electron chi connectivity index (χ3n) is 4.39. The third kappa shape index (κ3) is 4.99. The number of carbonyl (C=O) groups excluding carboxylic acids is 1. The van der Waals surface area contributed by atoms with Gasteiger partial charge in [0.15, 0.2) is 6.54 Å². The molecule has 0 aliphatic heterocycles. The van der Waals surface area contributed by atoms with Crippen LogP contribution in [0.2, 0.25) is 0 Å². The van der Waals surface area contributed by atoms with E-state index in [9.17, 15) is 4.79 Å². The van der Waals surface area contributed by atoms with E-state index in [2.05, 4.69) is 24.4 Å². The van der Waals surface area contributed by atoms with Crippen molar-refractivity contribution in [2.45, 2.75) is 27.3 Å². The van der Waals surface area contributed by atoms with Crippen molar-refractivity contribution in [1.82, 2.24) is 0 Å². The van der Waals surface area contributed by atoms with Gasteiger partial charge < -0.3 is 19.7 Å². The quantitative estimate of drug-likeness (QED) is 0.799. The summed E-state index contributed by atoms with van der Waals surface area (Å²) in [5.74, 6) is 1.53. The van der Waals surface area contributed by atoms with Crippen molar-refractivity contribution in [3.05, 3.63) is 52.6 Å². The van der Waals surface area contributed by atoms with Crippen molar-refractivity contribution in [1.29, 1.82) is 0 Å². The summed E-state index contributed by atoms with van der Waals surface area (Å²) in [5, 5.41) is 3.06. The van der Waals surface area contributed by atoms with E-state index in [1.54, 1.807) is 14.2 Å². The van der Waals surface area contributed by atoms with E-state index in [-0.39, 0.29) is 5.91 Å². The summed E-state index contributed by atoms with van der Waals surface area (Å²) in [7, 11) is 5.27. The molecule has 2 N–H and O–H groups in total. The summed E-state index contributed by atoms with van der Waals surface area (Å²) in [6.07, 6.45) is 0. The highest BCUT2D eigenvalue weighted by Crippen LogP contribution is 2.24. The van der Waals surface area contributed by atoms with E-state index in [1.165, 1.54) is 5.56 Å². The molecule has 0 bridgehead atoms. The highest BCUT2D eigenvalue weighted by atomic mass is 16.5. The van der Waals surface area contributed by atoms with Gasteiger partial charge in [-0.1, -0.05) is 17.7 Å². The van der Waals surface area contributed by atoms with Crippen molar-refractivity contribution in [3.63, 3.8) is 0 Å². The van der Waals surface area contributed by atoms with Gasteiger partial charge in [0.25, 0.3) is 5.91 Å². The predicted molar refractivity (Wildman–Crippen MR) is 104 cm³/mol. The molecule has 0 aliphatic rings. The Bertz CT molecular complexity index is 764. The second-order valence-electron chi connectivity index (χ2n) is 6.81. The number of nitrogens with one attached hydrogen (secondary N) is 2. The molecule has 140 valence electrons. The van der Waals surface area contributed by atoms with Crippen LogP contribution in [0.1, 0.15) is 22.3 Å². The summed E-state index contributed by atoms with van der Waals surface area (Å²) in [5.41, 5.74) is 5.33. The Balaban J connectivity index is 2.02. The third-order valence-corrected chi connectivity index (χ3v) is 4.39. The first kappa shape index (κ1) is 19.8. The first-order valence-electron chi connectivity index (χ1n) is 8.74. The van der Waals surface area contributed by atoms with Crippen LogP contribution in [-0.2, 0) is 11.3 Å². The number of aryl methyl sites for hydroxylation is 3. The van der Waals surface area contributed by atoms with Gasteiger partial charge in [-0.2, -0.15) is 0 Å². The van der Waals surface area contributed by atoms with Crippen LogP contribution in [0.15, 0.2) is 30.3 Å². The molecule has 2 rings (SSSR count). The molecular formula is C21H29N2O3+. The van der Waals surface area contributed by atoms with Crippen molar-refractivity contribution in [3.8, 4) is 11.5 Å². The first-order chi connectivity index (χ1) is 12.3. The largest absolute Gasteiger partial charge is 0.497 e. The van der Waals surface area contributed by atoms with Gasteiger partial charge in [-0.15, -0.1) is 0 Å². The highest BCUT2D eigenvalue weighted by molar-refractivity contribution is 5.93. The fraction of sp³-hybridized carbons (Fsp3) is 0.381. The number of ether oxygens (including phenoxy) is 2. The Hall–Kier alpha value is -2.53. The van der Waals surface area contributed by atoms with Gasteiger partial charge in [-0.3, -0.25) is 4.79 Å². The van der Waals surface area contributed by atoms with Crippen LogP contribution in [0.25, 0.3) is 0 Å². The number of benzene rings is 2. The number of methoxy groups -OCH3 is 2. The monoisotopic (exact) mass is 357 g/mol. The molecule has 2 aromatic rings. The molecule has 26 heavy (non-hydrogen) atoms. The van der Waals surface area contributed by atoms with Crippen molar-refractivity contribution >= 4 is 11.6 Å². The molecule has 0 saturated carbocycles. The Labute approximate surface area is 155 Å². The number of carbonyl (C=O) groups is 1. The molecule has 0 aliphatic carbocycles. The van der Waals surface area contributed by atoms with Crippen LogP contribution < -0.4 is 19.7 Å². The lowest BCUT2D eigenvalue weighted by Crippen LogP contribution is -3.08. The number of amides is 1. The predicted octanol–water partition coefficient (Wildman–Crippen LogP) is 2.28.